The highest BCUT2D eigenvalue weighted by Gasteiger charge is 2.33. The van der Waals surface area contributed by atoms with Crippen LogP contribution in [0.1, 0.15) is 5.69 Å². The summed E-state index contributed by atoms with van der Waals surface area (Å²) in [5, 5.41) is 4.20. The number of hydrogen-bond donors (Lipinski definition) is 1. The first-order valence-electron chi connectivity index (χ1n) is 5.83. The monoisotopic (exact) mass is 356 g/mol. The van der Waals surface area contributed by atoms with E-state index in [-0.39, 0.29) is 0 Å². The highest BCUT2D eigenvalue weighted by Crippen LogP contribution is 2.30. The lowest BCUT2D eigenvalue weighted by molar-refractivity contribution is -0.141. The van der Waals surface area contributed by atoms with Crippen molar-refractivity contribution in [3.63, 3.8) is 0 Å². The smallest absolute Gasteiger partial charge is 0.398 e. The van der Waals surface area contributed by atoms with Crippen LogP contribution >= 0.6 is 15.9 Å². The van der Waals surface area contributed by atoms with Crippen LogP contribution in [0.4, 0.5) is 18.9 Å². The van der Waals surface area contributed by atoms with Crippen molar-refractivity contribution in [2.45, 2.75) is 6.18 Å². The Morgan fingerprint density at radius 2 is 1.95 bits per heavy atom. The van der Waals surface area contributed by atoms with Crippen LogP contribution in [0.15, 0.2) is 41.1 Å². The van der Waals surface area contributed by atoms with E-state index in [1.165, 1.54) is 6.20 Å². The minimum absolute atomic E-state index is 0.433. The highest BCUT2D eigenvalue weighted by atomic mass is 79.9. The molecule has 8 heteroatoms. The number of hydrogen-bond acceptors (Lipinski definition) is 3. The SMILES string of the molecule is Nc1ccc(-n2ccc(C(F)(F)F)n2)c2ncc(Br)cc12. The summed E-state index contributed by atoms with van der Waals surface area (Å²) in [6.45, 7) is 0. The molecule has 1 aromatic carbocycles. The molecule has 0 amide bonds. The van der Waals surface area contributed by atoms with Crippen molar-refractivity contribution in [3.8, 4) is 5.69 Å². The average Bonchev–Trinajstić information content (AvgIpc) is 2.89. The fraction of sp³-hybridized carbons (Fsp3) is 0.0769. The number of fused-ring (bicyclic) bond motifs is 1. The van der Waals surface area contributed by atoms with Crippen LogP contribution < -0.4 is 5.73 Å². The minimum Gasteiger partial charge on any atom is -0.398 e. The molecule has 2 heterocycles. The summed E-state index contributed by atoms with van der Waals surface area (Å²) in [4.78, 5) is 4.22. The van der Waals surface area contributed by atoms with Gasteiger partial charge >= 0.3 is 6.18 Å². The fourth-order valence-corrected chi connectivity index (χ4v) is 2.33. The number of alkyl halides is 3. The molecular formula is C13H8BrF3N4. The van der Waals surface area contributed by atoms with Crippen LogP contribution in [0.25, 0.3) is 16.6 Å². The lowest BCUT2D eigenvalue weighted by atomic mass is 10.1. The summed E-state index contributed by atoms with van der Waals surface area (Å²) >= 11 is 3.29. The Hall–Kier alpha value is -2.09. The predicted molar refractivity (Wildman–Crippen MR) is 76.0 cm³/mol. The Balaban J connectivity index is 2.21. The molecule has 4 nitrogen and oxygen atoms in total. The molecule has 0 aliphatic rings. The van der Waals surface area contributed by atoms with E-state index >= 15 is 0 Å². The van der Waals surface area contributed by atoms with E-state index in [1.807, 2.05) is 0 Å². The molecule has 3 rings (SSSR count). The standard InChI is InChI=1S/C13H8BrF3N4/c14-7-5-8-9(18)1-2-10(12(8)19-6-7)21-4-3-11(20-21)13(15,16)17/h1-6H,18H2. The topological polar surface area (TPSA) is 56.7 Å². The predicted octanol–water partition coefficient (Wildman–Crippen LogP) is 3.78. The van der Waals surface area contributed by atoms with Gasteiger partial charge in [-0.25, -0.2) is 4.68 Å². The number of halogens is 4. The van der Waals surface area contributed by atoms with Crippen LogP contribution in [0.5, 0.6) is 0 Å². The van der Waals surface area contributed by atoms with Gasteiger partial charge in [-0.15, -0.1) is 0 Å². The van der Waals surface area contributed by atoms with E-state index < -0.39 is 11.9 Å². The third-order valence-corrected chi connectivity index (χ3v) is 3.39. The number of pyridine rings is 1. The van der Waals surface area contributed by atoms with Crippen molar-refractivity contribution >= 4 is 32.5 Å². The zero-order valence-corrected chi connectivity index (χ0v) is 12.0. The molecule has 0 aliphatic heterocycles. The van der Waals surface area contributed by atoms with Gasteiger partial charge < -0.3 is 5.73 Å². The molecule has 0 aliphatic carbocycles. The molecule has 0 saturated carbocycles. The van der Waals surface area contributed by atoms with Gasteiger partial charge in [-0.05, 0) is 40.2 Å². The molecular weight excluding hydrogens is 349 g/mol. The van der Waals surface area contributed by atoms with Gasteiger partial charge in [-0.3, -0.25) is 4.98 Å². The second kappa shape index (κ2) is 4.73. The van der Waals surface area contributed by atoms with E-state index in [4.69, 9.17) is 5.73 Å². The van der Waals surface area contributed by atoms with Crippen LogP contribution in [0.3, 0.4) is 0 Å². The summed E-state index contributed by atoms with van der Waals surface area (Å²) < 4.78 is 39.8. The third-order valence-electron chi connectivity index (χ3n) is 2.96. The van der Waals surface area contributed by atoms with Gasteiger partial charge in [0.1, 0.15) is 0 Å². The first kappa shape index (κ1) is 13.9. The molecule has 0 spiro atoms. The summed E-state index contributed by atoms with van der Waals surface area (Å²) in [5.74, 6) is 0. The first-order valence-corrected chi connectivity index (χ1v) is 6.62. The normalized spacial score (nSPS) is 12.0. The molecule has 0 saturated heterocycles. The highest BCUT2D eigenvalue weighted by molar-refractivity contribution is 9.10. The van der Waals surface area contributed by atoms with Gasteiger partial charge in [0.15, 0.2) is 5.69 Å². The third kappa shape index (κ3) is 2.46. The Labute approximate surface area is 125 Å². The second-order valence-electron chi connectivity index (χ2n) is 4.37. The summed E-state index contributed by atoms with van der Waals surface area (Å²) in [5.41, 5.74) is 6.33. The van der Waals surface area contributed by atoms with Crippen LogP contribution in [-0.4, -0.2) is 14.8 Å². The molecule has 0 atom stereocenters. The maximum Gasteiger partial charge on any atom is 0.435 e. The minimum atomic E-state index is -4.48. The molecule has 2 N–H and O–H groups in total. The number of nitrogens with zero attached hydrogens (tertiary/aromatic N) is 3. The van der Waals surface area contributed by atoms with Crippen molar-refractivity contribution in [2.75, 3.05) is 5.73 Å². The molecule has 0 radical (unpaired) electrons. The molecule has 2 aromatic heterocycles. The Morgan fingerprint density at radius 3 is 2.62 bits per heavy atom. The van der Waals surface area contributed by atoms with E-state index in [0.717, 1.165) is 15.2 Å². The van der Waals surface area contributed by atoms with Crippen LogP contribution in [0.2, 0.25) is 0 Å². The van der Waals surface area contributed by atoms with Crippen molar-refractivity contribution in [1.29, 1.82) is 0 Å². The van der Waals surface area contributed by atoms with Crippen molar-refractivity contribution < 1.29 is 13.2 Å². The van der Waals surface area contributed by atoms with E-state index in [1.54, 1.807) is 24.4 Å². The number of benzene rings is 1. The lowest BCUT2D eigenvalue weighted by Crippen LogP contribution is -2.07. The summed E-state index contributed by atoms with van der Waals surface area (Å²) in [7, 11) is 0. The average molecular weight is 357 g/mol. The second-order valence-corrected chi connectivity index (χ2v) is 5.28. The van der Waals surface area contributed by atoms with E-state index in [2.05, 4.69) is 26.0 Å². The summed E-state index contributed by atoms with van der Waals surface area (Å²) in [6.07, 6.45) is -1.68. The maximum absolute atomic E-state index is 12.6. The molecule has 0 unspecified atom stereocenters. The fourth-order valence-electron chi connectivity index (χ4n) is 2.00. The molecule has 0 fully saturated rings. The van der Waals surface area contributed by atoms with Crippen LogP contribution in [-0.2, 0) is 6.18 Å². The maximum atomic E-state index is 12.6. The number of nitrogens with two attached hydrogens (primary N) is 1. The molecule has 108 valence electrons. The van der Waals surface area contributed by atoms with Gasteiger partial charge in [0.05, 0.1) is 11.2 Å². The molecule has 21 heavy (non-hydrogen) atoms. The molecule has 3 aromatic rings. The Bertz CT molecular complexity index is 826. The number of aromatic nitrogens is 3. The number of nitrogen functional groups attached to an aromatic ring is 1. The lowest BCUT2D eigenvalue weighted by Gasteiger charge is -2.08. The van der Waals surface area contributed by atoms with Gasteiger partial charge in [-0.2, -0.15) is 18.3 Å². The zero-order chi connectivity index (χ0) is 15.2. The van der Waals surface area contributed by atoms with Gasteiger partial charge in [-0.1, -0.05) is 0 Å². The largest absolute Gasteiger partial charge is 0.435 e. The van der Waals surface area contributed by atoms with E-state index in [0.29, 0.717) is 22.3 Å². The summed E-state index contributed by atoms with van der Waals surface area (Å²) in [6, 6.07) is 5.88. The zero-order valence-electron chi connectivity index (χ0n) is 10.4. The van der Waals surface area contributed by atoms with Gasteiger partial charge in [0, 0.05) is 27.9 Å². The Morgan fingerprint density at radius 1 is 1.19 bits per heavy atom. The Kier molecular flexibility index (Phi) is 3.12. The van der Waals surface area contributed by atoms with E-state index in [9.17, 15) is 13.2 Å². The van der Waals surface area contributed by atoms with Crippen molar-refractivity contribution in [1.82, 2.24) is 14.8 Å². The van der Waals surface area contributed by atoms with Crippen LogP contribution in [0, 0.1) is 0 Å². The quantitative estimate of drug-likeness (QED) is 0.675. The van der Waals surface area contributed by atoms with Crippen molar-refractivity contribution in [3.05, 3.63) is 46.8 Å². The van der Waals surface area contributed by atoms with Gasteiger partial charge in [0.2, 0.25) is 0 Å². The number of anilines is 1. The van der Waals surface area contributed by atoms with Crippen molar-refractivity contribution in [2.24, 2.45) is 0 Å². The number of rotatable bonds is 1. The first-order chi connectivity index (χ1) is 9.86. The molecule has 0 bridgehead atoms. The van der Waals surface area contributed by atoms with Gasteiger partial charge in [0.25, 0.3) is 0 Å².